The number of ether oxygens (including phenoxy) is 1. The van der Waals surface area contributed by atoms with Crippen LogP contribution in [-0.2, 0) is 9.53 Å². The van der Waals surface area contributed by atoms with Crippen LogP contribution in [0, 0.1) is 28.4 Å². The normalized spacial score (nSPS) is 11.2. The Morgan fingerprint density at radius 3 is 2.33 bits per heavy atom. The summed E-state index contributed by atoms with van der Waals surface area (Å²) in [7, 11) is 0. The van der Waals surface area contributed by atoms with Gasteiger partial charge in [-0.15, -0.1) is 11.3 Å². The summed E-state index contributed by atoms with van der Waals surface area (Å²) in [5.41, 5.74) is 2.86. The summed E-state index contributed by atoms with van der Waals surface area (Å²) in [6.45, 7) is 7.72. The zero-order chi connectivity index (χ0) is 26.4. The van der Waals surface area contributed by atoms with Crippen molar-refractivity contribution in [1.82, 2.24) is 0 Å². The van der Waals surface area contributed by atoms with Crippen molar-refractivity contribution in [2.24, 2.45) is 0 Å². The standard InChI is InChI=1S/C27H25N3O5S/c1-5-35-27(32)24-23(20-10-12-22(13-11-20)30(33)34)17(4)36-26(24)29-25(31)21(15-28)14-18-6-8-19(9-7-18)16(2)3/h6-14,16H,5H2,1-4H3,(H,29,31)/b21-14+. The summed E-state index contributed by atoms with van der Waals surface area (Å²) < 4.78 is 5.23. The molecule has 0 fully saturated rings. The number of non-ortho nitro benzene ring substituents is 1. The molecule has 0 radical (unpaired) electrons. The number of nitrogens with zero attached hydrogens (tertiary/aromatic N) is 2. The van der Waals surface area contributed by atoms with Crippen molar-refractivity contribution in [3.05, 3.63) is 85.8 Å². The summed E-state index contributed by atoms with van der Waals surface area (Å²) in [5, 5.41) is 23.6. The summed E-state index contributed by atoms with van der Waals surface area (Å²) in [6, 6.07) is 15.3. The van der Waals surface area contributed by atoms with Gasteiger partial charge in [-0.3, -0.25) is 14.9 Å². The maximum Gasteiger partial charge on any atom is 0.341 e. The number of nitro groups is 1. The third kappa shape index (κ3) is 5.85. The lowest BCUT2D eigenvalue weighted by Gasteiger charge is -2.09. The van der Waals surface area contributed by atoms with E-state index in [0.717, 1.165) is 16.9 Å². The van der Waals surface area contributed by atoms with Crippen molar-refractivity contribution in [3.63, 3.8) is 0 Å². The van der Waals surface area contributed by atoms with Gasteiger partial charge in [0.05, 0.1) is 11.5 Å². The first kappa shape index (κ1) is 26.3. The molecule has 1 amide bonds. The maximum atomic E-state index is 13.0. The lowest BCUT2D eigenvalue weighted by molar-refractivity contribution is -0.384. The van der Waals surface area contributed by atoms with E-state index in [0.29, 0.717) is 27.5 Å². The number of benzene rings is 2. The fraction of sp³-hybridized carbons (Fsp3) is 0.222. The highest BCUT2D eigenvalue weighted by molar-refractivity contribution is 7.17. The minimum Gasteiger partial charge on any atom is -0.462 e. The molecule has 3 aromatic rings. The summed E-state index contributed by atoms with van der Waals surface area (Å²) in [4.78, 5) is 37.1. The van der Waals surface area contributed by atoms with Crippen LogP contribution in [0.25, 0.3) is 17.2 Å². The molecule has 8 nitrogen and oxygen atoms in total. The van der Waals surface area contributed by atoms with E-state index in [9.17, 15) is 25.0 Å². The fourth-order valence-corrected chi connectivity index (χ4v) is 4.65. The molecule has 184 valence electrons. The van der Waals surface area contributed by atoms with Crippen molar-refractivity contribution in [2.75, 3.05) is 11.9 Å². The van der Waals surface area contributed by atoms with Crippen LogP contribution in [0.2, 0.25) is 0 Å². The quantitative estimate of drug-likeness (QED) is 0.123. The lowest BCUT2D eigenvalue weighted by atomic mass is 10.0. The van der Waals surface area contributed by atoms with E-state index < -0.39 is 16.8 Å². The monoisotopic (exact) mass is 503 g/mol. The van der Waals surface area contributed by atoms with Gasteiger partial charge < -0.3 is 10.1 Å². The number of aryl methyl sites for hydroxylation is 1. The molecule has 0 atom stereocenters. The largest absolute Gasteiger partial charge is 0.462 e. The second-order valence-corrected chi connectivity index (χ2v) is 9.43. The van der Waals surface area contributed by atoms with Crippen molar-refractivity contribution >= 4 is 40.0 Å². The number of thiophene rings is 1. The van der Waals surface area contributed by atoms with Gasteiger partial charge in [0.15, 0.2) is 0 Å². The number of nitro benzene ring substituents is 1. The lowest BCUT2D eigenvalue weighted by Crippen LogP contribution is -2.16. The van der Waals surface area contributed by atoms with Crippen molar-refractivity contribution in [3.8, 4) is 17.2 Å². The van der Waals surface area contributed by atoms with Gasteiger partial charge in [0.1, 0.15) is 22.2 Å². The maximum absolute atomic E-state index is 13.0. The molecular formula is C27H25N3O5S. The number of nitriles is 1. The number of carbonyl (C=O) groups excluding carboxylic acids is 2. The minimum atomic E-state index is -0.660. The molecule has 1 N–H and O–H groups in total. The predicted molar refractivity (Wildman–Crippen MR) is 140 cm³/mol. The van der Waals surface area contributed by atoms with Crippen molar-refractivity contribution in [2.45, 2.75) is 33.6 Å². The molecule has 0 saturated heterocycles. The van der Waals surface area contributed by atoms with E-state index in [1.54, 1.807) is 26.0 Å². The average molecular weight is 504 g/mol. The number of esters is 1. The minimum absolute atomic E-state index is 0.0805. The van der Waals surface area contributed by atoms with Gasteiger partial charge in [0.2, 0.25) is 0 Å². The van der Waals surface area contributed by atoms with Crippen LogP contribution in [0.5, 0.6) is 0 Å². The van der Waals surface area contributed by atoms with E-state index in [2.05, 4.69) is 19.2 Å². The third-order valence-corrected chi connectivity index (χ3v) is 6.46. The Morgan fingerprint density at radius 1 is 1.17 bits per heavy atom. The van der Waals surface area contributed by atoms with Crippen LogP contribution < -0.4 is 5.32 Å². The molecule has 0 spiro atoms. The number of rotatable bonds is 8. The number of carbonyl (C=O) groups is 2. The first-order valence-corrected chi connectivity index (χ1v) is 12.1. The predicted octanol–water partition coefficient (Wildman–Crippen LogP) is 6.48. The Morgan fingerprint density at radius 2 is 1.81 bits per heavy atom. The van der Waals surface area contributed by atoms with E-state index in [1.165, 1.54) is 18.2 Å². The average Bonchev–Trinajstić information content (AvgIpc) is 3.18. The van der Waals surface area contributed by atoms with E-state index in [-0.39, 0.29) is 28.4 Å². The second-order valence-electron chi connectivity index (χ2n) is 8.21. The highest BCUT2D eigenvalue weighted by atomic mass is 32.1. The van der Waals surface area contributed by atoms with Crippen LogP contribution >= 0.6 is 11.3 Å². The Labute approximate surface area is 213 Å². The molecule has 3 rings (SSSR count). The zero-order valence-electron chi connectivity index (χ0n) is 20.3. The Balaban J connectivity index is 1.99. The molecule has 0 unspecified atom stereocenters. The Hall–Kier alpha value is -4.29. The van der Waals surface area contributed by atoms with Crippen LogP contribution in [0.3, 0.4) is 0 Å². The molecule has 1 heterocycles. The molecule has 0 saturated carbocycles. The van der Waals surface area contributed by atoms with E-state index >= 15 is 0 Å². The first-order chi connectivity index (χ1) is 17.2. The molecule has 36 heavy (non-hydrogen) atoms. The molecular weight excluding hydrogens is 478 g/mol. The summed E-state index contributed by atoms with van der Waals surface area (Å²) in [5.74, 6) is -0.945. The summed E-state index contributed by atoms with van der Waals surface area (Å²) >= 11 is 1.16. The molecule has 0 aliphatic carbocycles. The highest BCUT2D eigenvalue weighted by Crippen LogP contribution is 2.41. The smallest absolute Gasteiger partial charge is 0.341 e. The third-order valence-electron chi connectivity index (χ3n) is 5.44. The SMILES string of the molecule is CCOC(=O)c1c(NC(=O)/C(C#N)=C/c2ccc(C(C)C)cc2)sc(C)c1-c1ccc([N+](=O)[O-])cc1. The number of nitrogens with one attached hydrogen (secondary N) is 1. The Kier molecular flexibility index (Phi) is 8.35. The second kappa shape index (κ2) is 11.4. The van der Waals surface area contributed by atoms with Gasteiger partial charge in [-0.1, -0.05) is 38.1 Å². The van der Waals surface area contributed by atoms with Crippen LogP contribution in [-0.4, -0.2) is 23.4 Å². The van der Waals surface area contributed by atoms with Gasteiger partial charge in [0, 0.05) is 22.6 Å². The van der Waals surface area contributed by atoms with Gasteiger partial charge in [-0.2, -0.15) is 5.26 Å². The van der Waals surface area contributed by atoms with Crippen LogP contribution in [0.1, 0.15) is 53.1 Å². The number of amides is 1. The number of hydrogen-bond acceptors (Lipinski definition) is 7. The van der Waals surface area contributed by atoms with Gasteiger partial charge in [0.25, 0.3) is 11.6 Å². The Bertz CT molecular complexity index is 1360. The van der Waals surface area contributed by atoms with Crippen LogP contribution in [0.4, 0.5) is 10.7 Å². The van der Waals surface area contributed by atoms with Gasteiger partial charge >= 0.3 is 5.97 Å². The molecule has 9 heteroatoms. The highest BCUT2D eigenvalue weighted by Gasteiger charge is 2.26. The zero-order valence-corrected chi connectivity index (χ0v) is 21.1. The molecule has 0 bridgehead atoms. The van der Waals surface area contributed by atoms with E-state index in [1.807, 2.05) is 30.3 Å². The molecule has 0 aliphatic heterocycles. The first-order valence-electron chi connectivity index (χ1n) is 11.2. The van der Waals surface area contributed by atoms with Crippen molar-refractivity contribution in [1.29, 1.82) is 5.26 Å². The number of hydrogen-bond donors (Lipinski definition) is 1. The van der Waals surface area contributed by atoms with Crippen molar-refractivity contribution < 1.29 is 19.2 Å². The van der Waals surface area contributed by atoms with Gasteiger partial charge in [-0.05, 0) is 54.7 Å². The molecule has 2 aromatic carbocycles. The van der Waals surface area contributed by atoms with Crippen LogP contribution in [0.15, 0.2) is 54.1 Å². The summed E-state index contributed by atoms with van der Waals surface area (Å²) in [6.07, 6.45) is 1.49. The fourth-order valence-electron chi connectivity index (χ4n) is 3.59. The number of anilines is 1. The van der Waals surface area contributed by atoms with E-state index in [4.69, 9.17) is 4.74 Å². The van der Waals surface area contributed by atoms with Gasteiger partial charge in [-0.25, -0.2) is 4.79 Å². The topological polar surface area (TPSA) is 122 Å². The molecule has 1 aromatic heterocycles. The molecule has 0 aliphatic rings.